The number of carbonyl (C=O) groups is 1. The van der Waals surface area contributed by atoms with Gasteiger partial charge in [0.15, 0.2) is 5.69 Å². The first-order chi connectivity index (χ1) is 12.1. The van der Waals surface area contributed by atoms with Crippen molar-refractivity contribution in [1.29, 1.82) is 0 Å². The van der Waals surface area contributed by atoms with Gasteiger partial charge in [-0.2, -0.15) is 5.10 Å². The highest BCUT2D eigenvalue weighted by atomic mass is 32.1. The highest BCUT2D eigenvalue weighted by Crippen LogP contribution is 2.26. The number of esters is 1. The molecule has 6 heteroatoms. The molecule has 0 saturated heterocycles. The number of hydrogen-bond donors (Lipinski definition) is 0. The Morgan fingerprint density at radius 3 is 2.56 bits per heavy atom. The molecule has 4 rings (SSSR count). The second kappa shape index (κ2) is 6.14. The summed E-state index contributed by atoms with van der Waals surface area (Å²) in [6.07, 6.45) is 0. The summed E-state index contributed by atoms with van der Waals surface area (Å²) >= 11 is 1.62. The first kappa shape index (κ1) is 15.5. The Bertz CT molecular complexity index is 1160. The van der Waals surface area contributed by atoms with Crippen molar-refractivity contribution in [3.8, 4) is 0 Å². The van der Waals surface area contributed by atoms with Gasteiger partial charge in [0.2, 0.25) is 0 Å². The summed E-state index contributed by atoms with van der Waals surface area (Å²) < 4.78 is 7.79. The van der Waals surface area contributed by atoms with Crippen LogP contribution in [-0.2, 0) is 18.4 Å². The van der Waals surface area contributed by atoms with Crippen molar-refractivity contribution in [1.82, 2.24) is 9.78 Å². The fraction of sp³-hybridized carbons (Fsp3) is 0.105. The SMILES string of the molecule is Cn1nc(C(=O)OCc2csc3ccccc23)c2ccccc2c1=O. The molecule has 0 spiro atoms. The van der Waals surface area contributed by atoms with Crippen molar-refractivity contribution < 1.29 is 9.53 Å². The number of hydrogen-bond acceptors (Lipinski definition) is 5. The van der Waals surface area contributed by atoms with Gasteiger partial charge in [-0.25, -0.2) is 9.48 Å². The van der Waals surface area contributed by atoms with Crippen LogP contribution in [0.15, 0.2) is 58.7 Å². The molecule has 0 fully saturated rings. The van der Waals surface area contributed by atoms with E-state index >= 15 is 0 Å². The first-order valence-electron chi connectivity index (χ1n) is 7.73. The normalized spacial score (nSPS) is 11.1. The van der Waals surface area contributed by atoms with Crippen LogP contribution in [0.1, 0.15) is 16.1 Å². The Labute approximate surface area is 147 Å². The molecule has 124 valence electrons. The molecule has 25 heavy (non-hydrogen) atoms. The van der Waals surface area contributed by atoms with Crippen LogP contribution in [0.3, 0.4) is 0 Å². The Balaban J connectivity index is 1.67. The number of fused-ring (bicyclic) bond motifs is 2. The summed E-state index contributed by atoms with van der Waals surface area (Å²) in [6.45, 7) is 0.168. The third-order valence-corrected chi connectivity index (χ3v) is 5.08. The molecule has 4 aromatic rings. The van der Waals surface area contributed by atoms with Crippen LogP contribution in [-0.4, -0.2) is 15.7 Å². The predicted molar refractivity (Wildman–Crippen MR) is 97.9 cm³/mol. The lowest BCUT2D eigenvalue weighted by Gasteiger charge is -2.08. The van der Waals surface area contributed by atoms with E-state index in [0.717, 1.165) is 15.6 Å². The van der Waals surface area contributed by atoms with Crippen molar-refractivity contribution in [3.63, 3.8) is 0 Å². The summed E-state index contributed by atoms with van der Waals surface area (Å²) in [5, 5.41) is 8.12. The number of carbonyl (C=O) groups excluding carboxylic acids is 1. The Hall–Kier alpha value is -2.99. The number of aromatic nitrogens is 2. The standard InChI is InChI=1S/C19H14N2O3S/c1-21-18(22)15-8-3-2-7-14(15)17(20-21)19(23)24-10-12-11-25-16-9-5-4-6-13(12)16/h2-9,11H,10H2,1H3. The second-order valence-electron chi connectivity index (χ2n) is 5.66. The number of thiophene rings is 1. The van der Waals surface area contributed by atoms with E-state index < -0.39 is 5.97 Å². The molecule has 0 N–H and O–H groups in total. The third kappa shape index (κ3) is 2.70. The minimum Gasteiger partial charge on any atom is -0.456 e. The monoisotopic (exact) mass is 350 g/mol. The van der Waals surface area contributed by atoms with E-state index in [4.69, 9.17) is 4.74 Å². The maximum atomic E-state index is 12.6. The molecule has 0 saturated carbocycles. The van der Waals surface area contributed by atoms with Gasteiger partial charge in [-0.1, -0.05) is 36.4 Å². The van der Waals surface area contributed by atoms with Gasteiger partial charge < -0.3 is 4.74 Å². The maximum absolute atomic E-state index is 12.6. The van der Waals surface area contributed by atoms with Gasteiger partial charge in [0.05, 0.1) is 5.39 Å². The fourth-order valence-corrected chi connectivity index (χ4v) is 3.75. The van der Waals surface area contributed by atoms with Crippen LogP contribution < -0.4 is 5.56 Å². The molecule has 0 aliphatic rings. The molecule has 0 radical (unpaired) electrons. The molecule has 0 aliphatic heterocycles. The molecule has 2 aromatic heterocycles. The highest BCUT2D eigenvalue weighted by Gasteiger charge is 2.17. The molecular weight excluding hydrogens is 336 g/mol. The summed E-state index contributed by atoms with van der Waals surface area (Å²) in [4.78, 5) is 24.7. The van der Waals surface area contributed by atoms with E-state index in [2.05, 4.69) is 5.10 Å². The lowest BCUT2D eigenvalue weighted by atomic mass is 10.1. The maximum Gasteiger partial charge on any atom is 0.359 e. The predicted octanol–water partition coefficient (Wildman–Crippen LogP) is 3.51. The lowest BCUT2D eigenvalue weighted by Crippen LogP contribution is -2.23. The minimum atomic E-state index is -0.540. The van der Waals surface area contributed by atoms with Crippen LogP contribution in [0.5, 0.6) is 0 Å². The van der Waals surface area contributed by atoms with Gasteiger partial charge in [-0.3, -0.25) is 4.79 Å². The van der Waals surface area contributed by atoms with Crippen molar-refractivity contribution in [2.45, 2.75) is 6.61 Å². The molecule has 0 atom stereocenters. The van der Waals surface area contributed by atoms with Gasteiger partial charge in [0, 0.05) is 22.7 Å². The zero-order chi connectivity index (χ0) is 17.4. The topological polar surface area (TPSA) is 61.2 Å². The quantitative estimate of drug-likeness (QED) is 0.531. The largest absolute Gasteiger partial charge is 0.456 e. The molecule has 2 heterocycles. The van der Waals surface area contributed by atoms with Crippen LogP contribution in [0.25, 0.3) is 20.9 Å². The van der Waals surface area contributed by atoms with Crippen molar-refractivity contribution >= 4 is 38.2 Å². The number of aryl methyl sites for hydroxylation is 1. The van der Waals surface area contributed by atoms with Crippen molar-refractivity contribution in [2.24, 2.45) is 7.05 Å². The number of benzene rings is 2. The number of nitrogens with zero attached hydrogens (tertiary/aromatic N) is 2. The fourth-order valence-electron chi connectivity index (χ4n) is 2.81. The van der Waals surface area contributed by atoms with E-state index in [9.17, 15) is 9.59 Å². The average molecular weight is 350 g/mol. The van der Waals surface area contributed by atoms with Gasteiger partial charge >= 0.3 is 5.97 Å². The van der Waals surface area contributed by atoms with Crippen molar-refractivity contribution in [3.05, 3.63) is 75.5 Å². The number of ether oxygens (including phenoxy) is 1. The van der Waals surface area contributed by atoms with E-state index in [1.54, 1.807) is 35.6 Å². The van der Waals surface area contributed by atoms with Crippen LogP contribution >= 0.6 is 11.3 Å². The summed E-state index contributed by atoms with van der Waals surface area (Å²) in [5.41, 5.74) is 0.872. The van der Waals surface area contributed by atoms with Gasteiger partial charge in [0.25, 0.3) is 5.56 Å². The van der Waals surface area contributed by atoms with E-state index in [-0.39, 0.29) is 17.9 Å². The molecule has 5 nitrogen and oxygen atoms in total. The van der Waals surface area contributed by atoms with Gasteiger partial charge in [-0.05, 0) is 22.9 Å². The summed E-state index contributed by atoms with van der Waals surface area (Å²) in [6, 6.07) is 14.9. The van der Waals surface area contributed by atoms with Crippen molar-refractivity contribution in [2.75, 3.05) is 0 Å². The third-order valence-electron chi connectivity index (χ3n) is 4.07. The second-order valence-corrected chi connectivity index (χ2v) is 6.57. The smallest absolute Gasteiger partial charge is 0.359 e. The summed E-state index contributed by atoms with van der Waals surface area (Å²) in [5.74, 6) is -0.540. The molecular formula is C19H14N2O3S. The molecule has 0 bridgehead atoms. The number of rotatable bonds is 3. The van der Waals surface area contributed by atoms with E-state index in [1.807, 2.05) is 29.6 Å². The summed E-state index contributed by atoms with van der Waals surface area (Å²) in [7, 11) is 1.53. The molecule has 0 unspecified atom stereocenters. The van der Waals surface area contributed by atoms with Crippen LogP contribution in [0.2, 0.25) is 0 Å². The molecule has 0 aliphatic carbocycles. The van der Waals surface area contributed by atoms with Crippen LogP contribution in [0.4, 0.5) is 0 Å². The average Bonchev–Trinajstić information content (AvgIpc) is 3.06. The first-order valence-corrected chi connectivity index (χ1v) is 8.61. The zero-order valence-electron chi connectivity index (χ0n) is 13.4. The Morgan fingerprint density at radius 2 is 1.76 bits per heavy atom. The zero-order valence-corrected chi connectivity index (χ0v) is 14.2. The highest BCUT2D eigenvalue weighted by molar-refractivity contribution is 7.17. The van der Waals surface area contributed by atoms with E-state index in [1.165, 1.54) is 11.7 Å². The van der Waals surface area contributed by atoms with Gasteiger partial charge in [-0.15, -0.1) is 11.3 Å². The Kier molecular flexibility index (Phi) is 3.82. The van der Waals surface area contributed by atoms with Crippen LogP contribution in [0, 0.1) is 0 Å². The minimum absolute atomic E-state index is 0.150. The Morgan fingerprint density at radius 1 is 1.08 bits per heavy atom. The lowest BCUT2D eigenvalue weighted by molar-refractivity contribution is 0.0467. The van der Waals surface area contributed by atoms with Gasteiger partial charge in [0.1, 0.15) is 6.61 Å². The van der Waals surface area contributed by atoms with E-state index in [0.29, 0.717) is 10.8 Å². The molecule has 0 amide bonds. The molecule has 2 aromatic carbocycles.